The third-order valence-corrected chi connectivity index (χ3v) is 4.00. The second-order valence-corrected chi connectivity index (χ2v) is 5.43. The molecule has 1 aliphatic rings. The van der Waals surface area contributed by atoms with E-state index in [-0.39, 0.29) is 0 Å². The Kier molecular flexibility index (Phi) is 3.72. The Labute approximate surface area is 105 Å². The standard InChI is InChI=1S/C15H24N2/c1-4-15(11(2)3)17-9-8-12-6-5-7-14(16)13(12)10-17/h5-7,11,15H,4,8-10,16H2,1-3H3. The lowest BCUT2D eigenvalue weighted by Gasteiger charge is -2.37. The van der Waals surface area contributed by atoms with Gasteiger partial charge in [0.05, 0.1) is 0 Å². The van der Waals surface area contributed by atoms with Crippen LogP contribution in [0.15, 0.2) is 18.2 Å². The third-order valence-electron chi connectivity index (χ3n) is 4.00. The quantitative estimate of drug-likeness (QED) is 0.812. The second-order valence-electron chi connectivity index (χ2n) is 5.43. The van der Waals surface area contributed by atoms with Gasteiger partial charge >= 0.3 is 0 Å². The topological polar surface area (TPSA) is 29.3 Å². The van der Waals surface area contributed by atoms with E-state index < -0.39 is 0 Å². The molecule has 0 saturated carbocycles. The lowest BCUT2D eigenvalue weighted by molar-refractivity contribution is 0.135. The molecule has 1 aromatic rings. The lowest BCUT2D eigenvalue weighted by Crippen LogP contribution is -2.42. The SMILES string of the molecule is CCC(C(C)C)N1CCc2cccc(N)c2C1. The fraction of sp³-hybridized carbons (Fsp3) is 0.600. The molecule has 0 fully saturated rings. The van der Waals surface area contributed by atoms with Crippen molar-refractivity contribution in [2.75, 3.05) is 12.3 Å². The summed E-state index contributed by atoms with van der Waals surface area (Å²) in [5, 5.41) is 0. The zero-order valence-electron chi connectivity index (χ0n) is 11.2. The molecule has 1 unspecified atom stereocenters. The molecule has 0 radical (unpaired) electrons. The van der Waals surface area contributed by atoms with E-state index >= 15 is 0 Å². The van der Waals surface area contributed by atoms with Crippen molar-refractivity contribution in [1.82, 2.24) is 4.90 Å². The highest BCUT2D eigenvalue weighted by molar-refractivity contribution is 5.51. The Morgan fingerprint density at radius 1 is 1.35 bits per heavy atom. The Hall–Kier alpha value is -1.02. The Morgan fingerprint density at radius 3 is 2.76 bits per heavy atom. The van der Waals surface area contributed by atoms with E-state index in [1.54, 1.807) is 0 Å². The van der Waals surface area contributed by atoms with Crippen LogP contribution >= 0.6 is 0 Å². The van der Waals surface area contributed by atoms with E-state index in [9.17, 15) is 0 Å². The number of fused-ring (bicyclic) bond motifs is 1. The molecule has 1 atom stereocenters. The molecule has 0 saturated heterocycles. The first kappa shape index (κ1) is 12.4. The van der Waals surface area contributed by atoms with Crippen molar-refractivity contribution >= 4 is 5.69 Å². The molecular weight excluding hydrogens is 208 g/mol. The van der Waals surface area contributed by atoms with Gasteiger partial charge in [-0.05, 0) is 36.0 Å². The summed E-state index contributed by atoms with van der Waals surface area (Å²) in [7, 11) is 0. The van der Waals surface area contributed by atoms with Crippen molar-refractivity contribution in [1.29, 1.82) is 0 Å². The van der Waals surface area contributed by atoms with Gasteiger partial charge in [-0.2, -0.15) is 0 Å². The van der Waals surface area contributed by atoms with Gasteiger partial charge in [0, 0.05) is 24.8 Å². The number of anilines is 1. The number of nitrogens with two attached hydrogens (primary N) is 1. The largest absolute Gasteiger partial charge is 0.398 e. The molecule has 1 heterocycles. The average Bonchev–Trinajstić information content (AvgIpc) is 2.30. The number of hydrogen-bond acceptors (Lipinski definition) is 2. The average molecular weight is 232 g/mol. The summed E-state index contributed by atoms with van der Waals surface area (Å²) in [4.78, 5) is 2.60. The first-order chi connectivity index (χ1) is 8.13. The van der Waals surface area contributed by atoms with Crippen molar-refractivity contribution < 1.29 is 0 Å². The van der Waals surface area contributed by atoms with Crippen molar-refractivity contribution in [3.05, 3.63) is 29.3 Å². The summed E-state index contributed by atoms with van der Waals surface area (Å²) in [6, 6.07) is 7.00. The van der Waals surface area contributed by atoms with Crippen molar-refractivity contribution in [2.45, 2.75) is 46.2 Å². The second kappa shape index (κ2) is 5.09. The molecule has 2 nitrogen and oxygen atoms in total. The van der Waals surface area contributed by atoms with Crippen molar-refractivity contribution in [2.24, 2.45) is 5.92 Å². The van der Waals surface area contributed by atoms with Crippen LogP contribution in [0.4, 0.5) is 5.69 Å². The van der Waals surface area contributed by atoms with Gasteiger partial charge in [-0.1, -0.05) is 32.9 Å². The Morgan fingerprint density at radius 2 is 2.12 bits per heavy atom. The minimum atomic E-state index is 0.683. The molecule has 1 aliphatic heterocycles. The van der Waals surface area contributed by atoms with Gasteiger partial charge in [0.25, 0.3) is 0 Å². The summed E-state index contributed by atoms with van der Waals surface area (Å²) in [5.74, 6) is 0.714. The van der Waals surface area contributed by atoms with Gasteiger partial charge in [-0.3, -0.25) is 4.90 Å². The highest BCUT2D eigenvalue weighted by Gasteiger charge is 2.25. The molecule has 2 heteroatoms. The van der Waals surface area contributed by atoms with E-state index in [1.807, 2.05) is 6.07 Å². The normalized spacial score (nSPS) is 18.1. The van der Waals surface area contributed by atoms with Gasteiger partial charge in [0.2, 0.25) is 0 Å². The summed E-state index contributed by atoms with van der Waals surface area (Å²) in [6.45, 7) is 9.12. The fourth-order valence-corrected chi connectivity index (χ4v) is 3.06. The van der Waals surface area contributed by atoms with Crippen LogP contribution in [0, 0.1) is 5.92 Å². The van der Waals surface area contributed by atoms with E-state index in [4.69, 9.17) is 5.73 Å². The predicted molar refractivity (Wildman–Crippen MR) is 73.9 cm³/mol. The van der Waals surface area contributed by atoms with Crippen LogP contribution in [0.3, 0.4) is 0 Å². The van der Waals surface area contributed by atoms with E-state index in [0.29, 0.717) is 12.0 Å². The van der Waals surface area contributed by atoms with Crippen LogP contribution in [0.5, 0.6) is 0 Å². The van der Waals surface area contributed by atoms with Crippen LogP contribution in [0.2, 0.25) is 0 Å². The summed E-state index contributed by atoms with van der Waals surface area (Å²) in [6.07, 6.45) is 2.36. The van der Waals surface area contributed by atoms with Gasteiger partial charge in [0.1, 0.15) is 0 Å². The minimum absolute atomic E-state index is 0.683. The number of rotatable bonds is 3. The van der Waals surface area contributed by atoms with E-state index in [1.165, 1.54) is 24.1 Å². The highest BCUT2D eigenvalue weighted by Crippen LogP contribution is 2.27. The maximum atomic E-state index is 6.09. The van der Waals surface area contributed by atoms with Gasteiger partial charge in [-0.15, -0.1) is 0 Å². The molecule has 2 N–H and O–H groups in total. The Bertz CT molecular complexity index is 385. The number of nitrogen functional groups attached to an aromatic ring is 1. The third kappa shape index (κ3) is 2.47. The molecule has 0 bridgehead atoms. The maximum absolute atomic E-state index is 6.09. The summed E-state index contributed by atoms with van der Waals surface area (Å²) >= 11 is 0. The maximum Gasteiger partial charge on any atom is 0.0362 e. The van der Waals surface area contributed by atoms with Gasteiger partial charge < -0.3 is 5.73 Å². The molecule has 0 amide bonds. The van der Waals surface area contributed by atoms with Crippen molar-refractivity contribution in [3.8, 4) is 0 Å². The molecule has 17 heavy (non-hydrogen) atoms. The summed E-state index contributed by atoms with van der Waals surface area (Å²) in [5.41, 5.74) is 9.86. The molecule has 1 aromatic carbocycles. The molecule has 2 rings (SSSR count). The number of nitrogens with zero attached hydrogens (tertiary/aromatic N) is 1. The first-order valence-electron chi connectivity index (χ1n) is 6.73. The van der Waals surface area contributed by atoms with Crippen LogP contribution < -0.4 is 5.73 Å². The predicted octanol–water partition coefficient (Wildman–Crippen LogP) is 3.06. The van der Waals surface area contributed by atoms with Crippen LogP contribution in [0.1, 0.15) is 38.3 Å². The van der Waals surface area contributed by atoms with Crippen LogP contribution in [-0.4, -0.2) is 17.5 Å². The fourth-order valence-electron chi connectivity index (χ4n) is 3.06. The van der Waals surface area contributed by atoms with Crippen molar-refractivity contribution in [3.63, 3.8) is 0 Å². The lowest BCUT2D eigenvalue weighted by atomic mass is 9.93. The van der Waals surface area contributed by atoms with Crippen LogP contribution in [-0.2, 0) is 13.0 Å². The molecule has 0 aliphatic carbocycles. The van der Waals surface area contributed by atoms with E-state index in [2.05, 4.69) is 37.8 Å². The molecule has 0 aromatic heterocycles. The monoisotopic (exact) mass is 232 g/mol. The summed E-state index contributed by atoms with van der Waals surface area (Å²) < 4.78 is 0. The zero-order chi connectivity index (χ0) is 12.4. The first-order valence-corrected chi connectivity index (χ1v) is 6.73. The number of benzene rings is 1. The molecular formula is C15H24N2. The minimum Gasteiger partial charge on any atom is -0.398 e. The molecule has 0 spiro atoms. The Balaban J connectivity index is 2.20. The number of hydrogen-bond donors (Lipinski definition) is 1. The van der Waals surface area contributed by atoms with Gasteiger partial charge in [-0.25, -0.2) is 0 Å². The van der Waals surface area contributed by atoms with E-state index in [0.717, 1.165) is 18.7 Å². The smallest absolute Gasteiger partial charge is 0.0362 e. The van der Waals surface area contributed by atoms with Crippen LogP contribution in [0.25, 0.3) is 0 Å². The highest BCUT2D eigenvalue weighted by atomic mass is 15.2. The van der Waals surface area contributed by atoms with Gasteiger partial charge in [0.15, 0.2) is 0 Å². The zero-order valence-corrected chi connectivity index (χ0v) is 11.2. The molecule has 94 valence electrons.